The lowest BCUT2D eigenvalue weighted by Gasteiger charge is -2.36. The smallest absolute Gasteiger partial charge is 0.278 e. The Morgan fingerprint density at radius 1 is 1.00 bits per heavy atom. The zero-order chi connectivity index (χ0) is 23.5. The van der Waals surface area contributed by atoms with E-state index in [4.69, 9.17) is 4.74 Å². The molecule has 174 valence electrons. The number of carbonyl (C=O) groups is 2. The molecule has 0 bridgehead atoms. The summed E-state index contributed by atoms with van der Waals surface area (Å²) in [5, 5.41) is 0. The topological polar surface area (TPSA) is 53.1 Å². The number of hydrogen-bond acceptors (Lipinski definition) is 5. The second-order valence-electron chi connectivity index (χ2n) is 8.65. The molecule has 2 aromatic rings. The molecule has 4 rings (SSSR count). The molecule has 2 aromatic carbocycles. The van der Waals surface area contributed by atoms with Crippen LogP contribution in [0.25, 0.3) is 5.57 Å². The van der Waals surface area contributed by atoms with Crippen molar-refractivity contribution >= 4 is 17.4 Å². The molecule has 0 atom stereocenters. The third-order valence-electron chi connectivity index (χ3n) is 6.44. The normalized spacial score (nSPS) is 17.8. The monoisotopic (exact) mass is 451 g/mol. The molecule has 0 N–H and O–H groups in total. The molecule has 6 nitrogen and oxygen atoms in total. The predicted octanol–water partition coefficient (Wildman–Crippen LogP) is 3.53. The molecule has 0 aromatic heterocycles. The Balaban J connectivity index is 1.69. The Morgan fingerprint density at radius 3 is 2.24 bits per heavy atom. The molecule has 2 aliphatic heterocycles. The first-order valence-corrected chi connectivity index (χ1v) is 11.4. The van der Waals surface area contributed by atoms with Crippen molar-refractivity contribution in [1.29, 1.82) is 0 Å². The molecular formula is C26H30FN3O3. The van der Waals surface area contributed by atoms with Crippen molar-refractivity contribution in [1.82, 2.24) is 14.7 Å². The first-order valence-electron chi connectivity index (χ1n) is 11.4. The van der Waals surface area contributed by atoms with Gasteiger partial charge < -0.3 is 14.5 Å². The van der Waals surface area contributed by atoms with Gasteiger partial charge in [-0.3, -0.25) is 14.5 Å². The van der Waals surface area contributed by atoms with Gasteiger partial charge in [0.25, 0.3) is 11.8 Å². The second kappa shape index (κ2) is 9.75. The van der Waals surface area contributed by atoms with E-state index < -0.39 is 0 Å². The first-order chi connectivity index (χ1) is 15.9. The van der Waals surface area contributed by atoms with Gasteiger partial charge in [0.2, 0.25) is 0 Å². The fraction of sp³-hybridized carbons (Fsp3) is 0.385. The van der Waals surface area contributed by atoms with Crippen molar-refractivity contribution in [2.24, 2.45) is 0 Å². The Hall–Kier alpha value is -3.19. The second-order valence-corrected chi connectivity index (χ2v) is 8.65. The minimum Gasteiger partial charge on any atom is -0.494 e. The summed E-state index contributed by atoms with van der Waals surface area (Å²) in [5.74, 6) is -0.279. The maximum Gasteiger partial charge on any atom is 0.278 e. The standard InChI is InChI=1S/C26H30FN3O3/c1-4-33-22-11-7-19(8-12-22)23-24(29(3)21-13-15-28(2)16-14-21)26(32)30(25(23)31)17-18-5-9-20(27)10-6-18/h5-12,21H,4,13-17H2,1-3H3. The van der Waals surface area contributed by atoms with Gasteiger partial charge in [0.1, 0.15) is 17.3 Å². The number of nitrogens with zero attached hydrogens (tertiary/aromatic N) is 3. The van der Waals surface area contributed by atoms with E-state index in [0.717, 1.165) is 25.9 Å². The molecule has 0 spiro atoms. The molecule has 7 heteroatoms. The van der Waals surface area contributed by atoms with Gasteiger partial charge in [-0.15, -0.1) is 0 Å². The van der Waals surface area contributed by atoms with E-state index >= 15 is 0 Å². The Kier molecular flexibility index (Phi) is 6.79. The molecule has 2 aliphatic rings. The fourth-order valence-corrected chi connectivity index (χ4v) is 4.52. The number of rotatable bonds is 7. The zero-order valence-electron chi connectivity index (χ0n) is 19.4. The van der Waals surface area contributed by atoms with E-state index in [1.807, 2.05) is 43.1 Å². The van der Waals surface area contributed by atoms with Crippen LogP contribution in [0.4, 0.5) is 4.39 Å². The summed E-state index contributed by atoms with van der Waals surface area (Å²) in [5.41, 5.74) is 2.23. The largest absolute Gasteiger partial charge is 0.494 e. The summed E-state index contributed by atoms with van der Waals surface area (Å²) in [7, 11) is 4.00. The molecule has 2 amide bonds. The maximum atomic E-state index is 13.6. The van der Waals surface area contributed by atoms with Crippen LogP contribution in [0.1, 0.15) is 30.9 Å². The molecular weight excluding hydrogens is 421 g/mol. The molecule has 2 heterocycles. The van der Waals surface area contributed by atoms with Crippen LogP contribution in [0.5, 0.6) is 5.75 Å². The maximum absolute atomic E-state index is 13.6. The van der Waals surface area contributed by atoms with Crippen LogP contribution in [0.2, 0.25) is 0 Å². The van der Waals surface area contributed by atoms with Crippen LogP contribution < -0.4 is 4.74 Å². The predicted molar refractivity (Wildman–Crippen MR) is 125 cm³/mol. The van der Waals surface area contributed by atoms with Gasteiger partial charge in [-0.2, -0.15) is 0 Å². The zero-order valence-corrected chi connectivity index (χ0v) is 19.4. The highest BCUT2D eigenvalue weighted by Crippen LogP contribution is 2.35. The highest BCUT2D eigenvalue weighted by Gasteiger charge is 2.42. The minimum atomic E-state index is -0.353. The van der Waals surface area contributed by atoms with E-state index in [1.54, 1.807) is 12.1 Å². The molecule has 1 saturated heterocycles. The number of likely N-dealkylation sites (N-methyl/N-ethyl adjacent to an activating group) is 1. The van der Waals surface area contributed by atoms with E-state index in [1.165, 1.54) is 17.0 Å². The van der Waals surface area contributed by atoms with Crippen molar-refractivity contribution in [2.45, 2.75) is 32.4 Å². The number of imide groups is 1. The lowest BCUT2D eigenvalue weighted by atomic mass is 10.00. The third-order valence-corrected chi connectivity index (χ3v) is 6.44. The van der Waals surface area contributed by atoms with Gasteiger partial charge in [0, 0.05) is 13.1 Å². The van der Waals surface area contributed by atoms with Crippen molar-refractivity contribution in [3.63, 3.8) is 0 Å². The summed E-state index contributed by atoms with van der Waals surface area (Å²) in [4.78, 5) is 32.7. The summed E-state index contributed by atoms with van der Waals surface area (Å²) in [6, 6.07) is 13.4. The number of benzene rings is 2. The van der Waals surface area contributed by atoms with Crippen LogP contribution in [0.15, 0.2) is 54.2 Å². The molecule has 0 unspecified atom stereocenters. The summed E-state index contributed by atoms with van der Waals surface area (Å²) >= 11 is 0. The molecule has 0 radical (unpaired) electrons. The van der Waals surface area contributed by atoms with Gasteiger partial charge in [0.05, 0.1) is 18.7 Å². The van der Waals surface area contributed by atoms with Gasteiger partial charge in [-0.05, 0) is 75.3 Å². The van der Waals surface area contributed by atoms with Crippen LogP contribution in [0, 0.1) is 5.82 Å². The number of ether oxygens (including phenoxy) is 1. The summed E-state index contributed by atoms with van der Waals surface area (Å²) < 4.78 is 18.9. The van der Waals surface area contributed by atoms with Crippen LogP contribution in [-0.4, -0.2) is 66.3 Å². The quantitative estimate of drug-likeness (QED) is 0.603. The average molecular weight is 452 g/mol. The lowest BCUT2D eigenvalue weighted by molar-refractivity contribution is -0.138. The molecule has 1 fully saturated rings. The Morgan fingerprint density at radius 2 is 1.64 bits per heavy atom. The third kappa shape index (κ3) is 4.78. The van der Waals surface area contributed by atoms with Gasteiger partial charge in [0.15, 0.2) is 0 Å². The van der Waals surface area contributed by atoms with Crippen molar-refractivity contribution < 1.29 is 18.7 Å². The summed E-state index contributed by atoms with van der Waals surface area (Å²) in [6.45, 7) is 4.46. The van der Waals surface area contributed by atoms with Crippen LogP contribution in [-0.2, 0) is 16.1 Å². The van der Waals surface area contributed by atoms with Gasteiger partial charge in [-0.25, -0.2) is 4.39 Å². The van der Waals surface area contributed by atoms with Crippen LogP contribution >= 0.6 is 0 Å². The first kappa shape index (κ1) is 23.0. The average Bonchev–Trinajstić information content (AvgIpc) is 3.06. The highest BCUT2D eigenvalue weighted by atomic mass is 19.1. The SMILES string of the molecule is CCOc1ccc(C2=C(N(C)C3CCN(C)CC3)C(=O)N(Cc3ccc(F)cc3)C2=O)cc1. The van der Waals surface area contributed by atoms with Crippen molar-refractivity contribution in [3.05, 3.63) is 71.2 Å². The van der Waals surface area contributed by atoms with E-state index in [9.17, 15) is 14.0 Å². The lowest BCUT2D eigenvalue weighted by Crippen LogP contribution is -2.43. The minimum absolute atomic E-state index is 0.100. The van der Waals surface area contributed by atoms with E-state index in [0.29, 0.717) is 34.8 Å². The molecule has 0 saturated carbocycles. The number of amides is 2. The van der Waals surface area contributed by atoms with Gasteiger partial charge in [-0.1, -0.05) is 24.3 Å². The van der Waals surface area contributed by atoms with Crippen molar-refractivity contribution in [2.75, 3.05) is 33.8 Å². The fourth-order valence-electron chi connectivity index (χ4n) is 4.52. The highest BCUT2D eigenvalue weighted by molar-refractivity contribution is 6.35. The number of halogens is 1. The van der Waals surface area contributed by atoms with E-state index in [2.05, 4.69) is 11.9 Å². The van der Waals surface area contributed by atoms with Crippen LogP contribution in [0.3, 0.4) is 0 Å². The summed E-state index contributed by atoms with van der Waals surface area (Å²) in [6.07, 6.45) is 1.85. The van der Waals surface area contributed by atoms with E-state index in [-0.39, 0.29) is 30.2 Å². The number of carbonyl (C=O) groups excluding carboxylic acids is 2. The molecule has 0 aliphatic carbocycles. The van der Waals surface area contributed by atoms with Gasteiger partial charge >= 0.3 is 0 Å². The molecule has 33 heavy (non-hydrogen) atoms. The Labute approximate surface area is 194 Å². The Bertz CT molecular complexity index is 1040. The number of likely N-dealkylation sites (tertiary alicyclic amines) is 1. The van der Waals surface area contributed by atoms with Crippen molar-refractivity contribution in [3.8, 4) is 5.75 Å². The number of hydrogen-bond donors (Lipinski definition) is 0. The number of piperidine rings is 1.